The number of carbonyl (C=O) groups excluding carboxylic acids is 2. The SMILES string of the molecule is CC1C/C=C/C2C3OC3(C)C(C)C3C(Cc4ccccc4)NC(=O)C23C(=O)C2OC2C(C)C1. The van der Waals surface area contributed by atoms with Crippen molar-refractivity contribution in [2.45, 2.75) is 76.9 Å². The van der Waals surface area contributed by atoms with Gasteiger partial charge in [0, 0.05) is 17.9 Å². The van der Waals surface area contributed by atoms with Crippen LogP contribution in [0.15, 0.2) is 42.5 Å². The van der Waals surface area contributed by atoms with Crippen LogP contribution in [0.25, 0.3) is 0 Å². The molecule has 11 atom stereocenters. The molecule has 2 aliphatic carbocycles. The standard InChI is InChI=1S/C28H35NO4/c1-15-9-8-12-19-25-27(4,33-25)17(3)21-20(14-18-10-6-5-7-11-18)29-26(31)28(19,21)24(30)23-22(32-23)16(2)13-15/h5-8,10-12,15-17,19-23,25H,9,13-14H2,1-4H3,(H,29,31)/b12-8+. The van der Waals surface area contributed by atoms with Crippen molar-refractivity contribution in [3.63, 3.8) is 0 Å². The normalized spacial score (nSPS) is 51.2. The molecule has 1 spiro atoms. The van der Waals surface area contributed by atoms with Crippen molar-refractivity contribution in [1.82, 2.24) is 5.32 Å². The van der Waals surface area contributed by atoms with Crippen LogP contribution in [0.2, 0.25) is 0 Å². The number of nitrogens with one attached hydrogen (secondary N) is 1. The lowest BCUT2D eigenvalue weighted by Gasteiger charge is -2.45. The lowest BCUT2D eigenvalue weighted by Crippen LogP contribution is -2.59. The molecule has 1 aromatic rings. The average molecular weight is 450 g/mol. The summed E-state index contributed by atoms with van der Waals surface area (Å²) in [6.07, 6.45) is 6.41. The summed E-state index contributed by atoms with van der Waals surface area (Å²) in [4.78, 5) is 28.3. The van der Waals surface area contributed by atoms with E-state index in [2.05, 4.69) is 57.3 Å². The summed E-state index contributed by atoms with van der Waals surface area (Å²) in [6, 6.07) is 10.2. The van der Waals surface area contributed by atoms with Gasteiger partial charge in [0.25, 0.3) is 0 Å². The maximum Gasteiger partial charge on any atom is 0.235 e. The Morgan fingerprint density at radius 2 is 1.88 bits per heavy atom. The summed E-state index contributed by atoms with van der Waals surface area (Å²) in [7, 11) is 0. The number of hydrogen-bond donors (Lipinski definition) is 1. The highest BCUT2D eigenvalue weighted by atomic mass is 16.6. The molecule has 5 heteroatoms. The first kappa shape index (κ1) is 21.5. The molecule has 1 amide bonds. The van der Waals surface area contributed by atoms with Crippen LogP contribution < -0.4 is 5.32 Å². The van der Waals surface area contributed by atoms with Crippen LogP contribution in [0.3, 0.4) is 0 Å². The number of ether oxygens (including phenoxy) is 2. The molecule has 3 heterocycles. The molecule has 0 radical (unpaired) electrons. The van der Waals surface area contributed by atoms with Gasteiger partial charge in [-0.25, -0.2) is 0 Å². The third kappa shape index (κ3) is 2.97. The number of allylic oxidation sites excluding steroid dienone is 1. The molecule has 0 bridgehead atoms. The lowest BCUT2D eigenvalue weighted by molar-refractivity contribution is -0.149. The van der Waals surface area contributed by atoms with E-state index in [4.69, 9.17) is 9.47 Å². The first-order valence-electron chi connectivity index (χ1n) is 12.7. The fourth-order valence-corrected chi connectivity index (χ4v) is 7.66. The summed E-state index contributed by atoms with van der Waals surface area (Å²) >= 11 is 0. The van der Waals surface area contributed by atoms with Gasteiger partial charge in [0.05, 0.1) is 17.8 Å². The van der Waals surface area contributed by atoms with Gasteiger partial charge >= 0.3 is 0 Å². The van der Waals surface area contributed by atoms with Gasteiger partial charge in [0.2, 0.25) is 5.91 Å². The Balaban J connectivity index is 1.46. The second kappa shape index (κ2) is 7.26. The number of rotatable bonds is 2. The van der Waals surface area contributed by atoms with E-state index in [1.54, 1.807) is 0 Å². The molecule has 1 saturated carbocycles. The molecular weight excluding hydrogens is 414 g/mol. The Labute approximate surface area is 196 Å². The molecule has 3 aliphatic heterocycles. The van der Waals surface area contributed by atoms with Crippen molar-refractivity contribution in [3.05, 3.63) is 48.0 Å². The Morgan fingerprint density at radius 3 is 2.64 bits per heavy atom. The summed E-state index contributed by atoms with van der Waals surface area (Å²) < 4.78 is 12.4. The Kier molecular flexibility index (Phi) is 4.74. The molecule has 176 valence electrons. The maximum absolute atomic E-state index is 14.3. The highest BCUT2D eigenvalue weighted by Gasteiger charge is 2.80. The molecule has 5 nitrogen and oxygen atoms in total. The molecule has 0 aromatic heterocycles. The summed E-state index contributed by atoms with van der Waals surface area (Å²) in [5.41, 5.74) is -0.244. The molecular formula is C28H35NO4. The van der Waals surface area contributed by atoms with Gasteiger partial charge < -0.3 is 14.8 Å². The van der Waals surface area contributed by atoms with Gasteiger partial charge in [-0.15, -0.1) is 0 Å². The number of epoxide rings is 2. The Bertz CT molecular complexity index is 1010. The number of ketones is 1. The largest absolute Gasteiger partial charge is 0.365 e. The van der Waals surface area contributed by atoms with E-state index in [0.29, 0.717) is 11.8 Å². The van der Waals surface area contributed by atoms with Gasteiger partial charge in [-0.3, -0.25) is 9.59 Å². The van der Waals surface area contributed by atoms with E-state index in [0.717, 1.165) is 19.3 Å². The topological polar surface area (TPSA) is 71.2 Å². The van der Waals surface area contributed by atoms with Gasteiger partial charge in [0.1, 0.15) is 11.5 Å². The van der Waals surface area contributed by atoms with Crippen LogP contribution in [0.1, 0.15) is 46.1 Å². The van der Waals surface area contributed by atoms with Crippen LogP contribution in [0, 0.1) is 35.0 Å². The molecule has 3 saturated heterocycles. The van der Waals surface area contributed by atoms with E-state index >= 15 is 0 Å². The van der Waals surface area contributed by atoms with Gasteiger partial charge in [0.15, 0.2) is 5.78 Å². The highest BCUT2D eigenvalue weighted by Crippen LogP contribution is 2.66. The second-order valence-electron chi connectivity index (χ2n) is 11.6. The predicted molar refractivity (Wildman–Crippen MR) is 124 cm³/mol. The van der Waals surface area contributed by atoms with Crippen molar-refractivity contribution in [1.29, 1.82) is 0 Å². The average Bonchev–Trinajstić information content (AvgIpc) is 3.68. The van der Waals surface area contributed by atoms with Crippen molar-refractivity contribution < 1.29 is 19.1 Å². The van der Waals surface area contributed by atoms with E-state index < -0.39 is 11.5 Å². The van der Waals surface area contributed by atoms with Crippen LogP contribution >= 0.6 is 0 Å². The van der Waals surface area contributed by atoms with Crippen LogP contribution in [-0.2, 0) is 25.5 Å². The number of hydrogen-bond acceptors (Lipinski definition) is 4. The minimum Gasteiger partial charge on any atom is -0.365 e. The third-order valence-electron chi connectivity index (χ3n) is 9.54. The van der Waals surface area contributed by atoms with Gasteiger partial charge in [-0.05, 0) is 49.5 Å². The molecule has 5 aliphatic rings. The molecule has 1 N–H and O–H groups in total. The van der Waals surface area contributed by atoms with Crippen LogP contribution in [-0.4, -0.2) is 41.6 Å². The zero-order valence-corrected chi connectivity index (χ0v) is 20.0. The number of amides is 1. The predicted octanol–water partition coefficient (Wildman–Crippen LogP) is 3.71. The van der Waals surface area contributed by atoms with E-state index in [1.165, 1.54) is 5.56 Å². The van der Waals surface area contributed by atoms with E-state index in [1.807, 2.05) is 18.2 Å². The van der Waals surface area contributed by atoms with E-state index in [9.17, 15) is 9.59 Å². The molecule has 33 heavy (non-hydrogen) atoms. The quantitative estimate of drug-likeness (QED) is 0.424. The summed E-state index contributed by atoms with van der Waals surface area (Å²) in [5.74, 6) is 0.400. The van der Waals surface area contributed by atoms with Crippen LogP contribution in [0.5, 0.6) is 0 Å². The van der Waals surface area contributed by atoms with Crippen molar-refractivity contribution in [2.75, 3.05) is 0 Å². The minimum atomic E-state index is -1.12. The molecule has 4 fully saturated rings. The highest BCUT2D eigenvalue weighted by molar-refractivity contribution is 6.12. The van der Waals surface area contributed by atoms with Gasteiger partial charge in [-0.2, -0.15) is 0 Å². The first-order valence-corrected chi connectivity index (χ1v) is 12.7. The Hall–Kier alpha value is -1.98. The number of benzene rings is 1. The number of fused-ring (bicyclic) bond motifs is 3. The van der Waals surface area contributed by atoms with Gasteiger partial charge in [-0.1, -0.05) is 63.3 Å². The smallest absolute Gasteiger partial charge is 0.235 e. The molecule has 6 rings (SSSR count). The molecule has 11 unspecified atom stereocenters. The zero-order valence-electron chi connectivity index (χ0n) is 20.0. The fourth-order valence-electron chi connectivity index (χ4n) is 7.66. The van der Waals surface area contributed by atoms with Crippen LogP contribution in [0.4, 0.5) is 0 Å². The summed E-state index contributed by atoms with van der Waals surface area (Å²) in [5, 5.41) is 3.31. The second-order valence-corrected chi connectivity index (χ2v) is 11.6. The maximum atomic E-state index is 14.3. The minimum absolute atomic E-state index is 0.00832. The summed E-state index contributed by atoms with van der Waals surface area (Å²) in [6.45, 7) is 8.79. The fraction of sp³-hybridized carbons (Fsp3) is 0.643. The number of carbonyl (C=O) groups is 2. The van der Waals surface area contributed by atoms with E-state index in [-0.39, 0.29) is 53.3 Å². The monoisotopic (exact) mass is 449 g/mol. The van der Waals surface area contributed by atoms with Crippen molar-refractivity contribution in [3.8, 4) is 0 Å². The number of Topliss-reactive ketones (excluding diaryl/α,β-unsaturated/α-hetero) is 1. The third-order valence-corrected chi connectivity index (χ3v) is 9.54. The molecule has 1 aromatic carbocycles. The van der Waals surface area contributed by atoms with Crippen molar-refractivity contribution in [2.24, 2.45) is 35.0 Å². The zero-order chi connectivity index (χ0) is 23.1. The Morgan fingerprint density at radius 1 is 1.12 bits per heavy atom. The lowest BCUT2D eigenvalue weighted by atomic mass is 9.51. The first-order chi connectivity index (χ1) is 15.8. The van der Waals surface area contributed by atoms with Crippen molar-refractivity contribution >= 4 is 11.7 Å².